The summed E-state index contributed by atoms with van der Waals surface area (Å²) < 4.78 is 3.93. The predicted octanol–water partition coefficient (Wildman–Crippen LogP) is -0.0222. The third-order valence-corrected chi connectivity index (χ3v) is 0.537. The van der Waals surface area contributed by atoms with E-state index in [0.717, 1.165) is 6.20 Å². The summed E-state index contributed by atoms with van der Waals surface area (Å²) in [6, 6.07) is 0. The zero-order valence-electron chi connectivity index (χ0n) is 3.64. The Labute approximate surface area is 43.2 Å². The van der Waals surface area contributed by atoms with Gasteiger partial charge < -0.3 is 10.1 Å². The van der Waals surface area contributed by atoms with E-state index < -0.39 is 4.92 Å². The van der Waals surface area contributed by atoms with E-state index in [1.165, 1.54) is 0 Å². The zero-order valence-corrected chi connectivity index (χ0v) is 3.64. The van der Waals surface area contributed by atoms with Gasteiger partial charge in [0, 0.05) is 0 Å². The third-order valence-electron chi connectivity index (χ3n) is 0.537. The first-order valence-corrected chi connectivity index (χ1v) is 1.72. The van der Waals surface area contributed by atoms with E-state index >= 15 is 0 Å². The van der Waals surface area contributed by atoms with Crippen LogP contribution in [0.3, 0.4) is 0 Å². The Bertz CT molecular complexity index is 180. The van der Waals surface area contributed by atoms with Crippen molar-refractivity contribution in [3.8, 4) is 0 Å². The van der Waals surface area contributed by atoms with E-state index in [-0.39, 0.29) is 5.82 Å². The molecule has 0 aromatic carbocycles. The number of nitrogens with zero attached hydrogens (tertiary/aromatic N) is 3. The lowest BCUT2D eigenvalue weighted by Gasteiger charge is -1.78. The molecule has 0 fully saturated rings. The van der Waals surface area contributed by atoms with Crippen molar-refractivity contribution in [2.45, 2.75) is 0 Å². The standard InChI is InChI=1S/C2HN3O3/c6-5(7)2-1-3-8-4-2/h1H. The Hall–Kier alpha value is -1.46. The van der Waals surface area contributed by atoms with Crippen LogP contribution >= 0.6 is 0 Å². The maximum atomic E-state index is 9.71. The first kappa shape index (κ1) is 4.69. The van der Waals surface area contributed by atoms with Gasteiger partial charge in [0.25, 0.3) is 0 Å². The molecule has 0 aliphatic rings. The quantitative estimate of drug-likeness (QED) is 0.379. The maximum absolute atomic E-state index is 9.71. The minimum absolute atomic E-state index is 0.370. The molecule has 8 heavy (non-hydrogen) atoms. The molecule has 0 spiro atoms. The summed E-state index contributed by atoms with van der Waals surface area (Å²) in [6.45, 7) is 0. The zero-order chi connectivity index (χ0) is 5.98. The summed E-state index contributed by atoms with van der Waals surface area (Å²) in [4.78, 5) is 9.02. The van der Waals surface area contributed by atoms with Gasteiger partial charge in [-0.1, -0.05) is 0 Å². The molecule has 1 heterocycles. The molecule has 0 unspecified atom stereocenters. The molecular weight excluding hydrogens is 114 g/mol. The summed E-state index contributed by atoms with van der Waals surface area (Å²) >= 11 is 0. The van der Waals surface area contributed by atoms with Crippen molar-refractivity contribution < 1.29 is 9.55 Å². The van der Waals surface area contributed by atoms with Crippen LogP contribution in [0.4, 0.5) is 5.82 Å². The molecule has 0 radical (unpaired) electrons. The molecule has 1 aromatic heterocycles. The Morgan fingerprint density at radius 3 is 2.88 bits per heavy atom. The molecule has 0 aliphatic carbocycles. The van der Waals surface area contributed by atoms with Gasteiger partial charge in [0.1, 0.15) is 0 Å². The average Bonchev–Trinajstić information content (AvgIpc) is 2.12. The molecule has 0 bridgehead atoms. The smallest absolute Gasteiger partial charge is 0.358 e. The van der Waals surface area contributed by atoms with Crippen LogP contribution in [-0.2, 0) is 0 Å². The molecule has 6 heteroatoms. The van der Waals surface area contributed by atoms with Crippen LogP contribution in [0.2, 0.25) is 0 Å². The molecular formula is C2HN3O3. The number of hydrogen-bond donors (Lipinski definition) is 0. The molecule has 0 saturated carbocycles. The van der Waals surface area contributed by atoms with Crippen LogP contribution in [0.5, 0.6) is 0 Å². The first-order valence-electron chi connectivity index (χ1n) is 1.72. The minimum atomic E-state index is -0.684. The number of hydrogen-bond acceptors (Lipinski definition) is 5. The first-order chi connectivity index (χ1) is 3.80. The molecule has 6 nitrogen and oxygen atoms in total. The van der Waals surface area contributed by atoms with E-state index in [9.17, 15) is 10.1 Å². The second-order valence-electron chi connectivity index (χ2n) is 1.02. The van der Waals surface area contributed by atoms with E-state index in [2.05, 4.69) is 14.9 Å². The van der Waals surface area contributed by atoms with Gasteiger partial charge >= 0.3 is 5.82 Å². The van der Waals surface area contributed by atoms with Crippen molar-refractivity contribution in [2.24, 2.45) is 0 Å². The fraction of sp³-hybridized carbons (Fsp3) is 0. The Morgan fingerprint density at radius 2 is 2.62 bits per heavy atom. The highest BCUT2D eigenvalue weighted by Gasteiger charge is 2.08. The average molecular weight is 115 g/mol. The normalized spacial score (nSPS) is 9.00. The van der Waals surface area contributed by atoms with Crippen LogP contribution in [0.15, 0.2) is 10.8 Å². The van der Waals surface area contributed by atoms with Gasteiger partial charge in [-0.2, -0.15) is 0 Å². The highest BCUT2D eigenvalue weighted by Crippen LogP contribution is 1.99. The van der Waals surface area contributed by atoms with E-state index in [1.807, 2.05) is 0 Å². The molecule has 0 atom stereocenters. The van der Waals surface area contributed by atoms with E-state index in [0.29, 0.717) is 0 Å². The van der Waals surface area contributed by atoms with Gasteiger partial charge in [-0.15, -0.1) is 4.63 Å². The van der Waals surface area contributed by atoms with Gasteiger partial charge in [0.15, 0.2) is 11.4 Å². The van der Waals surface area contributed by atoms with Gasteiger partial charge in [-0.3, -0.25) is 0 Å². The fourth-order valence-electron chi connectivity index (χ4n) is 0.240. The second-order valence-corrected chi connectivity index (χ2v) is 1.02. The fourth-order valence-corrected chi connectivity index (χ4v) is 0.240. The lowest BCUT2D eigenvalue weighted by atomic mass is 10.8. The van der Waals surface area contributed by atoms with Crippen LogP contribution in [0, 0.1) is 10.1 Å². The van der Waals surface area contributed by atoms with Crippen molar-refractivity contribution in [2.75, 3.05) is 0 Å². The van der Waals surface area contributed by atoms with Crippen molar-refractivity contribution in [3.05, 3.63) is 16.3 Å². The van der Waals surface area contributed by atoms with Crippen molar-refractivity contribution in [3.63, 3.8) is 0 Å². The van der Waals surface area contributed by atoms with Crippen LogP contribution < -0.4 is 0 Å². The van der Waals surface area contributed by atoms with E-state index in [4.69, 9.17) is 0 Å². The Kier molecular flexibility index (Phi) is 0.918. The molecule has 0 N–H and O–H groups in total. The predicted molar refractivity (Wildman–Crippen MR) is 21.0 cm³/mol. The van der Waals surface area contributed by atoms with Crippen molar-refractivity contribution in [1.82, 2.24) is 10.3 Å². The van der Waals surface area contributed by atoms with E-state index in [1.54, 1.807) is 0 Å². The topological polar surface area (TPSA) is 82.1 Å². The largest absolute Gasteiger partial charge is 0.434 e. The maximum Gasteiger partial charge on any atom is 0.434 e. The highest BCUT2D eigenvalue weighted by molar-refractivity contribution is 5.05. The number of aromatic nitrogens is 2. The summed E-state index contributed by atoms with van der Waals surface area (Å²) in [5.74, 6) is -0.370. The number of rotatable bonds is 1. The lowest BCUT2D eigenvalue weighted by molar-refractivity contribution is -0.390. The van der Waals surface area contributed by atoms with Crippen LogP contribution in [0.1, 0.15) is 0 Å². The lowest BCUT2D eigenvalue weighted by Crippen LogP contribution is -1.85. The minimum Gasteiger partial charge on any atom is -0.358 e. The second kappa shape index (κ2) is 1.57. The monoisotopic (exact) mass is 115 g/mol. The summed E-state index contributed by atoms with van der Waals surface area (Å²) in [5, 5.41) is 15.7. The van der Waals surface area contributed by atoms with Gasteiger partial charge in [-0.05, 0) is 10.1 Å². The Morgan fingerprint density at radius 1 is 1.88 bits per heavy atom. The Balaban J connectivity index is 2.93. The van der Waals surface area contributed by atoms with Crippen molar-refractivity contribution >= 4 is 5.82 Å². The molecule has 42 valence electrons. The summed E-state index contributed by atoms with van der Waals surface area (Å²) in [6.07, 6.45) is 0.931. The van der Waals surface area contributed by atoms with Crippen molar-refractivity contribution in [1.29, 1.82) is 0 Å². The molecule has 0 saturated heterocycles. The van der Waals surface area contributed by atoms with Gasteiger partial charge in [-0.25, -0.2) is 0 Å². The van der Waals surface area contributed by atoms with Gasteiger partial charge in [0.2, 0.25) is 0 Å². The SMILES string of the molecule is O=[N+]([O-])c1cnon1. The summed E-state index contributed by atoms with van der Waals surface area (Å²) in [5.41, 5.74) is 0. The highest BCUT2D eigenvalue weighted by atomic mass is 16.6. The number of nitro groups is 1. The van der Waals surface area contributed by atoms with Crippen LogP contribution in [0.25, 0.3) is 0 Å². The van der Waals surface area contributed by atoms with Crippen LogP contribution in [-0.4, -0.2) is 15.2 Å². The molecule has 0 aliphatic heterocycles. The molecule has 1 aromatic rings. The third kappa shape index (κ3) is 0.625. The molecule has 0 amide bonds. The molecule has 1 rings (SSSR count). The summed E-state index contributed by atoms with van der Waals surface area (Å²) in [7, 11) is 0. The van der Waals surface area contributed by atoms with Gasteiger partial charge in [0.05, 0.1) is 0 Å².